The number of nitrogens with zero attached hydrogens (tertiary/aromatic N) is 1. The van der Waals surface area contributed by atoms with E-state index in [9.17, 15) is 72.9 Å². The van der Waals surface area contributed by atoms with Gasteiger partial charge < -0.3 is 68.9 Å². The minimum absolute atomic E-state index is 0.0518. The maximum Gasteiger partial charge on any atom is 0.305 e. The maximum absolute atomic E-state index is 14.3. The number of carbonyl (C=O) groups excluding carboxylic acids is 10. The number of carboxylic acids is 2. The van der Waals surface area contributed by atoms with Gasteiger partial charge in [0.25, 0.3) is 0 Å². The van der Waals surface area contributed by atoms with E-state index in [1.54, 1.807) is 6.08 Å². The highest BCUT2D eigenvalue weighted by molar-refractivity contribution is 6.22. The molecular weight excluding hydrogens is 1020 g/mol. The Kier molecular flexibility index (Phi) is 26.5. The number of nitrogens with two attached hydrogens (primary N) is 2. The number of aliphatic carboxylic acids is 2. The van der Waals surface area contributed by atoms with Crippen LogP contribution in [0.15, 0.2) is 35.9 Å². The molecule has 1 aromatic rings. The van der Waals surface area contributed by atoms with Crippen LogP contribution < -0.4 is 48.7 Å². The third kappa shape index (κ3) is 22.4. The summed E-state index contributed by atoms with van der Waals surface area (Å²) in [6.45, 7) is 9.44. The lowest BCUT2D eigenvalue weighted by atomic mass is 9.74. The molecule has 3 rings (SSSR count). The molecule has 14 N–H and O–H groups in total. The van der Waals surface area contributed by atoms with Gasteiger partial charge in [-0.3, -0.25) is 57.5 Å². The second-order valence-corrected chi connectivity index (χ2v) is 21.1. The number of likely N-dealkylation sites (tertiary alicyclic amines) is 1. The van der Waals surface area contributed by atoms with Gasteiger partial charge >= 0.3 is 11.9 Å². The van der Waals surface area contributed by atoms with Gasteiger partial charge in [0.05, 0.1) is 12.0 Å². The maximum atomic E-state index is 14.3. The van der Waals surface area contributed by atoms with Crippen LogP contribution in [0.1, 0.15) is 130 Å². The monoisotopic (exact) mass is 1100 g/mol. The molecule has 0 spiro atoms. The summed E-state index contributed by atoms with van der Waals surface area (Å²) in [7, 11) is 0. The van der Waals surface area contributed by atoms with Gasteiger partial charge in [-0.05, 0) is 106 Å². The highest BCUT2D eigenvalue weighted by atomic mass is 16.4. The number of phenolic OH excluding ortho intramolecular Hbond substituents is 1. The molecule has 0 radical (unpaired) electrons. The van der Waals surface area contributed by atoms with Gasteiger partial charge in [0.1, 0.15) is 48.0 Å². The molecule has 1 aliphatic carbocycles. The number of rotatable bonds is 33. The van der Waals surface area contributed by atoms with E-state index in [1.165, 1.54) is 24.3 Å². The van der Waals surface area contributed by atoms with E-state index in [0.717, 1.165) is 11.8 Å². The number of ketones is 2. The number of unbranched alkanes of at least 4 members (excludes halogenated alkanes) is 2. The molecule has 78 heavy (non-hydrogen) atoms. The highest BCUT2D eigenvalue weighted by Gasteiger charge is 2.41. The van der Waals surface area contributed by atoms with Gasteiger partial charge in [-0.1, -0.05) is 45.9 Å². The number of Topliss-reactive ketones (excluding diaryl/α,β-unsaturated/α-hetero) is 2. The Balaban J connectivity index is 1.75. The molecule has 1 saturated heterocycles. The third-order valence-corrected chi connectivity index (χ3v) is 13.2. The minimum atomic E-state index is -1.80. The quantitative estimate of drug-likeness (QED) is 0.0240. The molecule has 0 unspecified atom stereocenters. The molecule has 1 aliphatic heterocycles. The minimum Gasteiger partial charge on any atom is -0.508 e. The van der Waals surface area contributed by atoms with Crippen molar-refractivity contribution in [2.45, 2.75) is 173 Å². The van der Waals surface area contributed by atoms with Crippen LogP contribution in [-0.2, 0) is 64.0 Å². The number of nitrogens with one attached hydrogen (secondary N) is 7. The summed E-state index contributed by atoms with van der Waals surface area (Å²) in [5.41, 5.74) is 11.7. The van der Waals surface area contributed by atoms with E-state index in [1.807, 2.05) is 27.7 Å². The Morgan fingerprint density at radius 1 is 0.718 bits per heavy atom. The van der Waals surface area contributed by atoms with E-state index in [2.05, 4.69) is 37.2 Å². The molecular formula is C53H80N10O15. The number of amides is 8. The van der Waals surface area contributed by atoms with Gasteiger partial charge in [-0.25, -0.2) is 0 Å². The zero-order valence-corrected chi connectivity index (χ0v) is 45.3. The number of primary amides is 1. The highest BCUT2D eigenvalue weighted by Crippen LogP contribution is 2.33. The van der Waals surface area contributed by atoms with Crippen molar-refractivity contribution < 1.29 is 72.9 Å². The average Bonchev–Trinajstić information content (AvgIpc) is 3.84. The van der Waals surface area contributed by atoms with Crippen LogP contribution in [0.2, 0.25) is 0 Å². The molecule has 25 heteroatoms. The van der Waals surface area contributed by atoms with Crippen LogP contribution in [0.4, 0.5) is 0 Å². The molecule has 2 fully saturated rings. The van der Waals surface area contributed by atoms with Crippen LogP contribution in [0.5, 0.6) is 5.75 Å². The number of phenols is 1. The molecule has 1 saturated carbocycles. The number of carboxylic acid groups (broad SMARTS) is 2. The van der Waals surface area contributed by atoms with Crippen molar-refractivity contribution in [1.29, 1.82) is 0 Å². The third-order valence-electron chi connectivity index (χ3n) is 13.2. The molecule has 432 valence electrons. The second kappa shape index (κ2) is 31.8. The van der Waals surface area contributed by atoms with Gasteiger partial charge in [-0.15, -0.1) is 0 Å². The lowest BCUT2D eigenvalue weighted by Gasteiger charge is -2.31. The van der Waals surface area contributed by atoms with Crippen molar-refractivity contribution in [2.75, 3.05) is 26.2 Å². The van der Waals surface area contributed by atoms with Gasteiger partial charge in [0.2, 0.25) is 47.3 Å². The summed E-state index contributed by atoms with van der Waals surface area (Å²) in [4.78, 5) is 158. The Morgan fingerprint density at radius 3 is 1.85 bits per heavy atom. The van der Waals surface area contributed by atoms with E-state index in [-0.39, 0.29) is 98.8 Å². The largest absolute Gasteiger partial charge is 0.508 e. The number of hydrogen-bond acceptors (Lipinski definition) is 15. The number of carbonyl (C=O) groups is 12. The Hall–Kier alpha value is -7.28. The van der Waals surface area contributed by atoms with Crippen LogP contribution >= 0.6 is 0 Å². The smallest absolute Gasteiger partial charge is 0.305 e. The fraction of sp³-hybridized carbons (Fsp3) is 0.623. The summed E-state index contributed by atoms with van der Waals surface area (Å²) in [5.74, 6) is -10.1. The van der Waals surface area contributed by atoms with Crippen molar-refractivity contribution in [1.82, 2.24) is 42.1 Å². The van der Waals surface area contributed by atoms with E-state index in [0.29, 0.717) is 50.6 Å². The summed E-state index contributed by atoms with van der Waals surface area (Å²) in [6, 6.07) is -4.07. The van der Waals surface area contributed by atoms with Gasteiger partial charge in [-0.2, -0.15) is 0 Å². The molecule has 0 bridgehead atoms. The molecule has 25 nitrogen and oxygen atoms in total. The lowest BCUT2D eigenvalue weighted by Crippen LogP contribution is -2.60. The van der Waals surface area contributed by atoms with Crippen molar-refractivity contribution in [3.05, 3.63) is 41.5 Å². The van der Waals surface area contributed by atoms with E-state index < -0.39 is 114 Å². The predicted octanol–water partition coefficient (Wildman–Crippen LogP) is -0.501. The van der Waals surface area contributed by atoms with Crippen molar-refractivity contribution in [3.8, 4) is 5.75 Å². The van der Waals surface area contributed by atoms with Gasteiger partial charge in [0, 0.05) is 45.7 Å². The van der Waals surface area contributed by atoms with Crippen LogP contribution in [-0.4, -0.2) is 159 Å². The standard InChI is InChI=1S/C53H80N10O15/c1-30(2)25-38(49(75)58-35(46(55)72)11-7-9-22-56-23-20-34-42(66)28-53(4,5)29-43(34)67)60-47(73)36(12-6-8-21-54)59-51(77)41-13-10-24-63(41)52(78)40(27-45(70)71)62-50(76)39(26-32-14-16-33(65)17-15-32)61-48(74)37(57-31(3)64)18-19-44(68)69/h14-17,20,30,35-41,56,65H,6-13,18-19,21-29,54H2,1-5H3,(H2,55,72)(H,57,64)(H,58,75)(H,59,77)(H,60,73)(H,61,74)(H,62,76)(H,68,69)(H,70,71)/t35-,36+,37-,38-,39+,40+,41-/m0/s1. The number of allylic oxidation sites excluding steroid dienone is 1. The van der Waals surface area contributed by atoms with Crippen molar-refractivity contribution in [2.24, 2.45) is 22.8 Å². The molecule has 7 atom stereocenters. The normalized spacial score (nSPS) is 17.3. The SMILES string of the molecule is CC(=O)N[C@@H](CCC(=O)O)C(=O)N[C@H](Cc1ccc(O)cc1)C(=O)N[C@H](CC(=O)O)C(=O)N1CCC[C@H]1C(=O)N[C@H](CCCCN)C(=O)N[C@@H](CC(C)C)C(=O)N[C@@H](CCCCNCC=C1C(=O)CC(C)(C)CC1=O)C(N)=O. The van der Waals surface area contributed by atoms with Crippen molar-refractivity contribution in [3.63, 3.8) is 0 Å². The number of benzene rings is 1. The molecule has 8 amide bonds. The van der Waals surface area contributed by atoms with Crippen LogP contribution in [0, 0.1) is 11.3 Å². The Labute approximate surface area is 453 Å². The number of hydrogen-bond donors (Lipinski definition) is 12. The molecule has 1 aromatic carbocycles. The first-order valence-corrected chi connectivity index (χ1v) is 26.5. The van der Waals surface area contributed by atoms with Crippen molar-refractivity contribution >= 4 is 70.8 Å². The first-order valence-electron chi connectivity index (χ1n) is 26.5. The zero-order valence-electron chi connectivity index (χ0n) is 45.3. The van der Waals surface area contributed by atoms with Crippen LogP contribution in [0.25, 0.3) is 0 Å². The van der Waals surface area contributed by atoms with Gasteiger partial charge in [0.15, 0.2) is 11.6 Å². The fourth-order valence-corrected chi connectivity index (χ4v) is 9.22. The molecule has 1 heterocycles. The number of aromatic hydroxyl groups is 1. The topological polar surface area (TPSA) is 405 Å². The fourth-order valence-electron chi connectivity index (χ4n) is 9.22. The molecule has 0 aromatic heterocycles. The van der Waals surface area contributed by atoms with E-state index >= 15 is 0 Å². The lowest BCUT2D eigenvalue weighted by molar-refractivity contribution is -0.146. The van der Waals surface area contributed by atoms with Crippen LogP contribution in [0.3, 0.4) is 0 Å². The Bertz CT molecular complexity index is 2340. The van der Waals surface area contributed by atoms with E-state index in [4.69, 9.17) is 11.5 Å². The predicted molar refractivity (Wildman–Crippen MR) is 282 cm³/mol. The summed E-state index contributed by atoms with van der Waals surface area (Å²) in [6.07, 6.45) is 2.53. The molecule has 2 aliphatic rings. The summed E-state index contributed by atoms with van der Waals surface area (Å²) < 4.78 is 0. The summed E-state index contributed by atoms with van der Waals surface area (Å²) in [5, 5.41) is 47.4. The zero-order chi connectivity index (χ0) is 58.3. The average molecular weight is 1100 g/mol. The summed E-state index contributed by atoms with van der Waals surface area (Å²) >= 11 is 0. The first-order chi connectivity index (χ1) is 36.7. The first kappa shape index (κ1) is 65.0. The second-order valence-electron chi connectivity index (χ2n) is 21.1. The Morgan fingerprint density at radius 2 is 1.27 bits per heavy atom.